The summed E-state index contributed by atoms with van der Waals surface area (Å²) in [4.78, 5) is 24.6. The molecule has 1 amide bonds. The first kappa shape index (κ1) is 82.1. The molecule has 0 radical (unpaired) electrons. The second-order valence-corrected chi connectivity index (χ2v) is 26.3. The summed E-state index contributed by atoms with van der Waals surface area (Å²) in [5.41, 5.74) is 0. The molecule has 0 saturated heterocycles. The summed E-state index contributed by atoms with van der Waals surface area (Å²) >= 11 is 0. The zero-order valence-electron chi connectivity index (χ0n) is 56.9. The van der Waals surface area contributed by atoms with Gasteiger partial charge >= 0.3 is 5.97 Å². The first-order valence-corrected chi connectivity index (χ1v) is 38.3. The maximum absolute atomic E-state index is 12.5. The molecule has 6 heteroatoms. The number of esters is 1. The molecular formula is C78H149NO5. The SMILES string of the molecule is CCCCCCCCCCCCC/C=C/C(O)C(CO)NC(=O)CCCCCCCCCCCCCCCCCCC/C=C\C/C=C\CCCCCCCCCCCCCOC(=O)CCCCCCCCCCCCCCCCCCCCC. The summed E-state index contributed by atoms with van der Waals surface area (Å²) < 4.78 is 5.52. The van der Waals surface area contributed by atoms with Crippen molar-refractivity contribution in [2.75, 3.05) is 13.2 Å². The van der Waals surface area contributed by atoms with Crippen LogP contribution in [0.4, 0.5) is 0 Å². The van der Waals surface area contributed by atoms with Crippen LogP contribution in [0, 0.1) is 0 Å². The Kier molecular flexibility index (Phi) is 71.9. The van der Waals surface area contributed by atoms with E-state index in [1.54, 1.807) is 6.08 Å². The third-order valence-electron chi connectivity index (χ3n) is 17.9. The molecule has 84 heavy (non-hydrogen) atoms. The van der Waals surface area contributed by atoms with Crippen LogP contribution in [0.3, 0.4) is 0 Å². The standard InChI is InChI=1S/C78H149NO5/c1-3-5-7-9-11-13-15-17-18-19-37-41-44-48-52-56-60-64-68-72-78(83)84-73-69-65-61-57-53-49-45-42-39-36-34-32-30-28-26-24-22-20-21-23-25-27-29-31-33-35-38-40-43-47-51-55-59-63-67-71-77(82)79-75(74-80)76(81)70-66-62-58-54-50-46-16-14-12-10-8-6-4-2/h22,24,28,30,66,70,75-76,80-81H,3-21,23,25-27,29,31-65,67-69,71-74H2,1-2H3,(H,79,82)/b24-22-,30-28-,70-66+. The lowest BCUT2D eigenvalue weighted by molar-refractivity contribution is -0.143. The normalized spacial score (nSPS) is 12.7. The Hall–Kier alpha value is -1.92. The van der Waals surface area contributed by atoms with E-state index in [-0.39, 0.29) is 18.5 Å². The van der Waals surface area contributed by atoms with Crippen LogP contribution in [-0.4, -0.2) is 47.4 Å². The number of ether oxygens (including phenoxy) is 1. The van der Waals surface area contributed by atoms with Gasteiger partial charge in [-0.1, -0.05) is 384 Å². The number of carbonyl (C=O) groups excluding carboxylic acids is 2. The van der Waals surface area contributed by atoms with E-state index in [9.17, 15) is 19.8 Å². The molecular weight excluding hydrogens is 1030 g/mol. The van der Waals surface area contributed by atoms with Gasteiger partial charge in [0.15, 0.2) is 0 Å². The van der Waals surface area contributed by atoms with Gasteiger partial charge in [-0.3, -0.25) is 9.59 Å². The number of allylic oxidation sites excluding steroid dienone is 5. The number of amides is 1. The zero-order valence-corrected chi connectivity index (χ0v) is 56.9. The quantitative estimate of drug-likeness (QED) is 0.0320. The highest BCUT2D eigenvalue weighted by atomic mass is 16.5. The van der Waals surface area contributed by atoms with E-state index in [1.807, 2.05) is 6.08 Å². The van der Waals surface area contributed by atoms with Crippen molar-refractivity contribution < 1.29 is 24.5 Å². The molecule has 496 valence electrons. The molecule has 3 N–H and O–H groups in total. The monoisotopic (exact) mass is 1180 g/mol. The number of aliphatic hydroxyl groups excluding tert-OH is 2. The van der Waals surface area contributed by atoms with Gasteiger partial charge in [0.1, 0.15) is 0 Å². The van der Waals surface area contributed by atoms with Gasteiger partial charge in [0.2, 0.25) is 5.91 Å². The van der Waals surface area contributed by atoms with E-state index >= 15 is 0 Å². The summed E-state index contributed by atoms with van der Waals surface area (Å²) in [7, 11) is 0. The number of nitrogens with one attached hydrogen (secondary N) is 1. The fourth-order valence-corrected chi connectivity index (χ4v) is 12.1. The second kappa shape index (κ2) is 73.5. The molecule has 2 unspecified atom stereocenters. The van der Waals surface area contributed by atoms with Crippen LogP contribution in [0.25, 0.3) is 0 Å². The number of carbonyl (C=O) groups is 2. The molecule has 2 atom stereocenters. The number of rotatable bonds is 72. The van der Waals surface area contributed by atoms with Crippen molar-refractivity contribution in [1.29, 1.82) is 0 Å². The molecule has 0 fully saturated rings. The van der Waals surface area contributed by atoms with Crippen molar-refractivity contribution in [2.24, 2.45) is 0 Å². The Bertz CT molecular complexity index is 1360. The Labute approximate surface area is 525 Å². The average Bonchev–Trinajstić information content (AvgIpc) is 3.51. The first-order valence-electron chi connectivity index (χ1n) is 38.3. The van der Waals surface area contributed by atoms with Crippen LogP contribution in [0.5, 0.6) is 0 Å². The summed E-state index contributed by atoms with van der Waals surface area (Å²) in [6.07, 6.45) is 95.5. The molecule has 0 aromatic heterocycles. The van der Waals surface area contributed by atoms with Crippen molar-refractivity contribution in [2.45, 2.75) is 437 Å². The summed E-state index contributed by atoms with van der Waals surface area (Å²) in [6.45, 7) is 4.94. The first-order chi connectivity index (χ1) is 41.5. The van der Waals surface area contributed by atoms with Gasteiger partial charge in [0.25, 0.3) is 0 Å². The number of hydrogen-bond donors (Lipinski definition) is 3. The topological polar surface area (TPSA) is 95.9 Å². The number of aliphatic hydroxyl groups is 2. The summed E-state index contributed by atoms with van der Waals surface area (Å²) in [6, 6.07) is -0.625. The third kappa shape index (κ3) is 69.2. The maximum atomic E-state index is 12.5. The van der Waals surface area contributed by atoms with Crippen molar-refractivity contribution in [3.63, 3.8) is 0 Å². The smallest absolute Gasteiger partial charge is 0.305 e. The summed E-state index contributed by atoms with van der Waals surface area (Å²) in [5, 5.41) is 23.1. The molecule has 0 aromatic rings. The highest BCUT2D eigenvalue weighted by molar-refractivity contribution is 5.76. The minimum absolute atomic E-state index is 0.0220. The predicted octanol–water partition coefficient (Wildman–Crippen LogP) is 25.0. The largest absolute Gasteiger partial charge is 0.466 e. The number of hydrogen-bond acceptors (Lipinski definition) is 5. The molecule has 0 rings (SSSR count). The lowest BCUT2D eigenvalue weighted by atomic mass is 10.0. The molecule has 0 aromatic carbocycles. The van der Waals surface area contributed by atoms with Crippen LogP contribution in [0.15, 0.2) is 36.5 Å². The zero-order chi connectivity index (χ0) is 60.6. The van der Waals surface area contributed by atoms with Gasteiger partial charge in [0.05, 0.1) is 25.4 Å². The highest BCUT2D eigenvalue weighted by Crippen LogP contribution is 2.19. The predicted molar refractivity (Wildman–Crippen MR) is 370 cm³/mol. The fourth-order valence-electron chi connectivity index (χ4n) is 12.1. The van der Waals surface area contributed by atoms with E-state index in [0.717, 1.165) is 44.9 Å². The molecule has 0 spiro atoms. The molecule has 0 aliphatic heterocycles. The highest BCUT2D eigenvalue weighted by Gasteiger charge is 2.18. The van der Waals surface area contributed by atoms with Crippen molar-refractivity contribution in [3.05, 3.63) is 36.5 Å². The minimum Gasteiger partial charge on any atom is -0.466 e. The molecule has 0 bridgehead atoms. The van der Waals surface area contributed by atoms with Crippen molar-refractivity contribution in [3.8, 4) is 0 Å². The Balaban J connectivity index is 3.35. The van der Waals surface area contributed by atoms with Gasteiger partial charge < -0.3 is 20.3 Å². The lowest BCUT2D eigenvalue weighted by Crippen LogP contribution is -2.45. The Morgan fingerprint density at radius 3 is 0.905 bits per heavy atom. The van der Waals surface area contributed by atoms with Crippen LogP contribution in [0.2, 0.25) is 0 Å². The molecule has 0 aliphatic carbocycles. The van der Waals surface area contributed by atoms with Crippen LogP contribution >= 0.6 is 0 Å². The molecule has 0 saturated carbocycles. The molecule has 0 heterocycles. The Morgan fingerprint density at radius 1 is 0.333 bits per heavy atom. The van der Waals surface area contributed by atoms with Crippen molar-refractivity contribution >= 4 is 11.9 Å². The molecule has 0 aliphatic rings. The van der Waals surface area contributed by atoms with E-state index in [1.165, 1.54) is 353 Å². The fraction of sp³-hybridized carbons (Fsp3) is 0.897. The van der Waals surface area contributed by atoms with E-state index < -0.39 is 12.1 Å². The Morgan fingerprint density at radius 2 is 0.595 bits per heavy atom. The molecule has 6 nitrogen and oxygen atoms in total. The van der Waals surface area contributed by atoms with Gasteiger partial charge in [0, 0.05) is 12.8 Å². The van der Waals surface area contributed by atoms with Crippen LogP contribution in [-0.2, 0) is 14.3 Å². The number of unbranched alkanes of at least 4 members (excludes halogenated alkanes) is 57. The minimum atomic E-state index is -0.842. The maximum Gasteiger partial charge on any atom is 0.305 e. The van der Waals surface area contributed by atoms with E-state index in [2.05, 4.69) is 43.5 Å². The van der Waals surface area contributed by atoms with Crippen molar-refractivity contribution in [1.82, 2.24) is 5.32 Å². The van der Waals surface area contributed by atoms with Crippen LogP contribution < -0.4 is 5.32 Å². The second-order valence-electron chi connectivity index (χ2n) is 26.3. The van der Waals surface area contributed by atoms with Gasteiger partial charge in [-0.2, -0.15) is 0 Å². The van der Waals surface area contributed by atoms with E-state index in [0.29, 0.717) is 19.4 Å². The lowest BCUT2D eigenvalue weighted by Gasteiger charge is -2.20. The average molecular weight is 1180 g/mol. The van der Waals surface area contributed by atoms with E-state index in [4.69, 9.17) is 4.74 Å². The summed E-state index contributed by atoms with van der Waals surface area (Å²) in [5.74, 6) is -0.0421. The van der Waals surface area contributed by atoms with Gasteiger partial charge in [-0.15, -0.1) is 0 Å². The van der Waals surface area contributed by atoms with Gasteiger partial charge in [-0.05, 0) is 64.2 Å². The van der Waals surface area contributed by atoms with Gasteiger partial charge in [-0.25, -0.2) is 0 Å². The third-order valence-corrected chi connectivity index (χ3v) is 17.9. The van der Waals surface area contributed by atoms with Crippen LogP contribution in [0.1, 0.15) is 425 Å².